The lowest BCUT2D eigenvalue weighted by molar-refractivity contribution is 0.208. The van der Waals surface area contributed by atoms with Gasteiger partial charge in [0, 0.05) is 0 Å². The molecule has 1 heteroatoms. The van der Waals surface area contributed by atoms with Crippen LogP contribution in [0.25, 0.3) is 0 Å². The number of hydrogen-bond donors (Lipinski definition) is 0. The van der Waals surface area contributed by atoms with Gasteiger partial charge in [0.1, 0.15) is 0 Å². The van der Waals surface area contributed by atoms with Gasteiger partial charge in [0.2, 0.25) is 0 Å². The molecular weight excluding hydrogens is 292 g/mol. The molecule has 24 heavy (non-hydrogen) atoms. The maximum atomic E-state index is 5.38. The Morgan fingerprint density at radius 3 is 1.12 bits per heavy atom. The summed E-state index contributed by atoms with van der Waals surface area (Å²) in [5.74, 6) is 0.849. The van der Waals surface area contributed by atoms with Crippen LogP contribution in [0.15, 0.2) is 12.3 Å². The average Bonchev–Trinajstić information content (AvgIpc) is 2.56. The highest BCUT2D eigenvalue weighted by Gasteiger charge is 1.95. The molecule has 0 radical (unpaired) electrons. The van der Waals surface area contributed by atoms with Gasteiger partial charge in [-0.15, -0.1) is 0 Å². The van der Waals surface area contributed by atoms with E-state index < -0.39 is 0 Å². The highest BCUT2D eigenvalue weighted by molar-refractivity contribution is 4.73. The predicted octanol–water partition coefficient (Wildman–Crippen LogP) is 8.58. The summed E-state index contributed by atoms with van der Waals surface area (Å²) < 4.78 is 5.38. The van der Waals surface area contributed by atoms with Gasteiger partial charge < -0.3 is 4.74 Å². The Labute approximate surface area is 153 Å². The molecular formula is C23H46O. The van der Waals surface area contributed by atoms with E-state index in [2.05, 4.69) is 13.5 Å². The zero-order valence-corrected chi connectivity index (χ0v) is 17.1. The highest BCUT2D eigenvalue weighted by Crippen LogP contribution is 2.14. The molecule has 0 atom stereocenters. The Hall–Kier alpha value is -0.460. The molecule has 0 saturated carbocycles. The molecule has 144 valence electrons. The van der Waals surface area contributed by atoms with Crippen LogP contribution in [0.5, 0.6) is 0 Å². The van der Waals surface area contributed by atoms with E-state index in [-0.39, 0.29) is 0 Å². The molecule has 0 N–H and O–H groups in total. The number of rotatable bonds is 20. The molecule has 0 aromatic rings. The van der Waals surface area contributed by atoms with Gasteiger partial charge in [0.25, 0.3) is 0 Å². The van der Waals surface area contributed by atoms with Crippen LogP contribution in [0, 0.1) is 0 Å². The second kappa shape index (κ2) is 20.6. The Bertz CT molecular complexity index is 246. The van der Waals surface area contributed by atoms with Crippen LogP contribution in [-0.2, 0) is 4.74 Å². The Morgan fingerprint density at radius 2 is 0.833 bits per heavy atom. The minimum Gasteiger partial charge on any atom is -0.499 e. The van der Waals surface area contributed by atoms with E-state index in [1.54, 1.807) is 0 Å². The lowest BCUT2D eigenvalue weighted by Crippen LogP contribution is -1.91. The van der Waals surface area contributed by atoms with E-state index in [4.69, 9.17) is 4.74 Å². The Balaban J connectivity index is 2.97. The molecule has 1 nitrogen and oxygen atoms in total. The smallest absolute Gasteiger partial charge is 0.0876 e. The molecule has 0 unspecified atom stereocenters. The molecule has 0 aliphatic heterocycles. The van der Waals surface area contributed by atoms with Crippen LogP contribution < -0.4 is 0 Å². The Morgan fingerprint density at radius 1 is 0.542 bits per heavy atom. The monoisotopic (exact) mass is 338 g/mol. The van der Waals surface area contributed by atoms with E-state index in [0.29, 0.717) is 0 Å². The van der Waals surface area contributed by atoms with Crippen LogP contribution in [0.2, 0.25) is 0 Å². The second-order valence-electron chi connectivity index (χ2n) is 7.56. The van der Waals surface area contributed by atoms with Gasteiger partial charge in [-0.05, 0) is 13.3 Å². The normalized spacial score (nSPS) is 10.9. The lowest BCUT2D eigenvalue weighted by atomic mass is 10.0. The molecule has 0 fully saturated rings. The Kier molecular flexibility index (Phi) is 20.2. The third kappa shape index (κ3) is 21.5. The third-order valence-electron chi connectivity index (χ3n) is 4.85. The van der Waals surface area contributed by atoms with E-state index in [1.165, 1.54) is 116 Å². The molecule has 0 spiro atoms. The topological polar surface area (TPSA) is 9.23 Å². The van der Waals surface area contributed by atoms with Crippen molar-refractivity contribution >= 4 is 0 Å². The first-order valence-corrected chi connectivity index (χ1v) is 11.1. The SMILES string of the molecule is C=C(C)OCCCCCCCCCCCCCCCCCCCC. The zero-order chi connectivity index (χ0) is 17.7. The van der Waals surface area contributed by atoms with Gasteiger partial charge in [-0.3, -0.25) is 0 Å². The molecule has 0 bridgehead atoms. The van der Waals surface area contributed by atoms with Gasteiger partial charge in [-0.1, -0.05) is 123 Å². The number of unbranched alkanes of at least 4 members (excludes halogenated alkanes) is 17. The van der Waals surface area contributed by atoms with Gasteiger partial charge in [0.15, 0.2) is 0 Å². The van der Waals surface area contributed by atoms with Crippen molar-refractivity contribution in [2.75, 3.05) is 6.61 Å². The van der Waals surface area contributed by atoms with Crippen molar-refractivity contribution in [1.29, 1.82) is 0 Å². The third-order valence-corrected chi connectivity index (χ3v) is 4.85. The van der Waals surface area contributed by atoms with Crippen molar-refractivity contribution in [3.63, 3.8) is 0 Å². The zero-order valence-electron chi connectivity index (χ0n) is 17.1. The largest absolute Gasteiger partial charge is 0.499 e. The summed E-state index contributed by atoms with van der Waals surface area (Å²) in [6.45, 7) is 8.82. The molecule has 0 aromatic heterocycles. The number of allylic oxidation sites excluding steroid dienone is 1. The predicted molar refractivity (Wildman–Crippen MR) is 110 cm³/mol. The number of ether oxygens (including phenoxy) is 1. The van der Waals surface area contributed by atoms with Crippen molar-refractivity contribution in [1.82, 2.24) is 0 Å². The molecule has 0 saturated heterocycles. The standard InChI is InChI=1S/C23H46O/c1-4-5-6-7-8-9-10-11-12-13-14-15-16-17-18-19-20-21-22-24-23(2)3/h2,4-22H2,1,3H3. The molecule has 0 heterocycles. The summed E-state index contributed by atoms with van der Waals surface area (Å²) in [5, 5.41) is 0. The van der Waals surface area contributed by atoms with Gasteiger partial charge in [-0.2, -0.15) is 0 Å². The summed E-state index contributed by atoms with van der Waals surface area (Å²) >= 11 is 0. The van der Waals surface area contributed by atoms with Gasteiger partial charge in [-0.25, -0.2) is 0 Å². The first-order valence-electron chi connectivity index (χ1n) is 11.1. The maximum Gasteiger partial charge on any atom is 0.0876 e. The highest BCUT2D eigenvalue weighted by atomic mass is 16.5. The number of hydrogen-bond acceptors (Lipinski definition) is 1. The quantitative estimate of drug-likeness (QED) is 0.159. The van der Waals surface area contributed by atoms with E-state index in [0.717, 1.165) is 12.4 Å². The fourth-order valence-electron chi connectivity index (χ4n) is 3.25. The van der Waals surface area contributed by atoms with Crippen LogP contribution in [0.4, 0.5) is 0 Å². The van der Waals surface area contributed by atoms with Crippen LogP contribution in [0.3, 0.4) is 0 Å². The minimum atomic E-state index is 0.849. The van der Waals surface area contributed by atoms with Crippen molar-refractivity contribution in [3.05, 3.63) is 12.3 Å². The van der Waals surface area contributed by atoms with Crippen molar-refractivity contribution in [2.45, 2.75) is 129 Å². The molecule has 0 amide bonds. The summed E-state index contributed by atoms with van der Waals surface area (Å²) in [6.07, 6.45) is 25.6. The first-order chi connectivity index (χ1) is 11.8. The molecule has 0 rings (SSSR count). The lowest BCUT2D eigenvalue weighted by Gasteiger charge is -2.05. The van der Waals surface area contributed by atoms with Crippen LogP contribution in [-0.4, -0.2) is 6.61 Å². The van der Waals surface area contributed by atoms with E-state index >= 15 is 0 Å². The van der Waals surface area contributed by atoms with Crippen molar-refractivity contribution < 1.29 is 4.74 Å². The van der Waals surface area contributed by atoms with Crippen molar-refractivity contribution in [2.24, 2.45) is 0 Å². The molecule has 0 aliphatic rings. The van der Waals surface area contributed by atoms with E-state index in [9.17, 15) is 0 Å². The summed E-state index contributed by atoms with van der Waals surface area (Å²) in [4.78, 5) is 0. The fourth-order valence-corrected chi connectivity index (χ4v) is 3.25. The summed E-state index contributed by atoms with van der Waals surface area (Å²) in [6, 6.07) is 0. The van der Waals surface area contributed by atoms with Gasteiger partial charge in [0.05, 0.1) is 12.4 Å². The minimum absolute atomic E-state index is 0.849. The fraction of sp³-hybridized carbons (Fsp3) is 0.913. The second-order valence-corrected chi connectivity index (χ2v) is 7.56. The van der Waals surface area contributed by atoms with Crippen LogP contribution >= 0.6 is 0 Å². The van der Waals surface area contributed by atoms with Gasteiger partial charge >= 0.3 is 0 Å². The van der Waals surface area contributed by atoms with E-state index in [1.807, 2.05) is 6.92 Å². The average molecular weight is 339 g/mol. The summed E-state index contributed by atoms with van der Waals surface area (Å²) in [5.41, 5.74) is 0. The summed E-state index contributed by atoms with van der Waals surface area (Å²) in [7, 11) is 0. The molecule has 0 aromatic carbocycles. The first kappa shape index (κ1) is 23.5. The maximum absolute atomic E-state index is 5.38. The van der Waals surface area contributed by atoms with Crippen molar-refractivity contribution in [3.8, 4) is 0 Å². The van der Waals surface area contributed by atoms with Crippen LogP contribution in [0.1, 0.15) is 129 Å². The molecule has 0 aliphatic carbocycles.